The fourth-order valence-corrected chi connectivity index (χ4v) is 11.7. The normalized spacial score (nSPS) is 14.6. The Balaban J connectivity index is 5.42. The van der Waals surface area contributed by atoms with Crippen molar-refractivity contribution >= 4 is 39.5 Å². The van der Waals surface area contributed by atoms with Crippen LogP contribution in [0.1, 0.15) is 310 Å². The first-order chi connectivity index (χ1) is 49.7. The van der Waals surface area contributed by atoms with Crippen LogP contribution in [0.2, 0.25) is 0 Å². The van der Waals surface area contributed by atoms with E-state index in [0.717, 1.165) is 161 Å². The summed E-state index contributed by atoms with van der Waals surface area (Å²) in [6.07, 6.45) is 82.9. The van der Waals surface area contributed by atoms with Crippen LogP contribution in [0.4, 0.5) is 0 Å². The van der Waals surface area contributed by atoms with Gasteiger partial charge >= 0.3 is 39.5 Å². The Labute approximate surface area is 618 Å². The van der Waals surface area contributed by atoms with Crippen molar-refractivity contribution in [3.63, 3.8) is 0 Å². The highest BCUT2D eigenvalue weighted by molar-refractivity contribution is 7.47. The number of esters is 4. The van der Waals surface area contributed by atoms with Gasteiger partial charge in [-0.1, -0.05) is 277 Å². The number of unbranched alkanes of at least 4 members (excludes halogenated alkanes) is 25. The van der Waals surface area contributed by atoms with E-state index in [1.165, 1.54) is 70.6 Å². The zero-order valence-corrected chi connectivity index (χ0v) is 65.5. The van der Waals surface area contributed by atoms with Gasteiger partial charge in [-0.05, 0) is 141 Å². The van der Waals surface area contributed by atoms with Crippen molar-refractivity contribution in [2.75, 3.05) is 39.6 Å². The number of allylic oxidation sites excluding steroid dienone is 22. The lowest BCUT2D eigenvalue weighted by Crippen LogP contribution is -2.30. The third kappa shape index (κ3) is 73.5. The highest BCUT2D eigenvalue weighted by atomic mass is 31.2. The second-order valence-corrected chi connectivity index (χ2v) is 28.8. The van der Waals surface area contributed by atoms with Gasteiger partial charge < -0.3 is 33.8 Å². The molecule has 0 bridgehead atoms. The molecule has 0 aromatic heterocycles. The molecule has 5 atom stereocenters. The molecule has 5 unspecified atom stereocenters. The van der Waals surface area contributed by atoms with E-state index in [-0.39, 0.29) is 25.7 Å². The molecule has 0 amide bonds. The Morgan fingerprint density at radius 3 is 0.833 bits per heavy atom. The van der Waals surface area contributed by atoms with Crippen molar-refractivity contribution in [2.45, 2.75) is 329 Å². The van der Waals surface area contributed by atoms with Crippen LogP contribution in [0.15, 0.2) is 134 Å². The molecule has 0 spiro atoms. The van der Waals surface area contributed by atoms with E-state index in [9.17, 15) is 43.2 Å². The van der Waals surface area contributed by atoms with Gasteiger partial charge in [0.15, 0.2) is 12.2 Å². The zero-order chi connectivity index (χ0) is 74.6. The topological polar surface area (TPSA) is 237 Å². The summed E-state index contributed by atoms with van der Waals surface area (Å²) in [6, 6.07) is 0. The minimum absolute atomic E-state index is 0.0667. The molecule has 584 valence electrons. The molecular formula is C83H140O17P2. The van der Waals surface area contributed by atoms with E-state index in [2.05, 4.69) is 161 Å². The number of carbonyl (C=O) groups is 4. The lowest BCUT2D eigenvalue weighted by molar-refractivity contribution is -0.161. The molecule has 0 rings (SSSR count). The molecule has 0 saturated carbocycles. The van der Waals surface area contributed by atoms with Gasteiger partial charge in [-0.3, -0.25) is 37.3 Å². The summed E-state index contributed by atoms with van der Waals surface area (Å²) >= 11 is 0. The number of hydrogen-bond donors (Lipinski definition) is 3. The molecule has 0 heterocycles. The van der Waals surface area contributed by atoms with Crippen LogP contribution in [0.3, 0.4) is 0 Å². The van der Waals surface area contributed by atoms with Crippen molar-refractivity contribution in [3.8, 4) is 0 Å². The number of phosphoric acid groups is 2. The second kappa shape index (κ2) is 74.5. The van der Waals surface area contributed by atoms with Crippen LogP contribution in [-0.2, 0) is 65.4 Å². The summed E-state index contributed by atoms with van der Waals surface area (Å²) in [5.74, 6) is -2.27. The van der Waals surface area contributed by atoms with E-state index in [1.807, 2.05) is 0 Å². The number of carbonyl (C=O) groups excluding carboxylic acids is 4. The number of aliphatic hydroxyl groups excluding tert-OH is 1. The second-order valence-electron chi connectivity index (χ2n) is 25.9. The highest BCUT2D eigenvalue weighted by Gasteiger charge is 2.30. The Morgan fingerprint density at radius 2 is 0.510 bits per heavy atom. The van der Waals surface area contributed by atoms with Crippen molar-refractivity contribution < 1.29 is 80.2 Å². The maximum Gasteiger partial charge on any atom is 0.472 e. The van der Waals surface area contributed by atoms with Gasteiger partial charge in [0.05, 0.1) is 26.4 Å². The lowest BCUT2D eigenvalue weighted by Gasteiger charge is -2.21. The Bertz CT molecular complexity index is 2460. The van der Waals surface area contributed by atoms with Crippen LogP contribution >= 0.6 is 15.6 Å². The molecule has 0 aliphatic carbocycles. The third-order valence-corrected chi connectivity index (χ3v) is 18.0. The van der Waals surface area contributed by atoms with Gasteiger partial charge in [-0.25, -0.2) is 9.13 Å². The maximum absolute atomic E-state index is 13.1. The fourth-order valence-electron chi connectivity index (χ4n) is 10.1. The summed E-state index contributed by atoms with van der Waals surface area (Å²) < 4.78 is 68.5. The number of phosphoric ester groups is 2. The molecule has 19 heteroatoms. The Morgan fingerprint density at radius 1 is 0.284 bits per heavy atom. The summed E-state index contributed by atoms with van der Waals surface area (Å²) in [5, 5.41) is 10.6. The Kier molecular flexibility index (Phi) is 71.0. The molecular weight excluding hydrogens is 1330 g/mol. The number of aliphatic hydroxyl groups is 1. The van der Waals surface area contributed by atoms with Gasteiger partial charge in [0, 0.05) is 25.7 Å². The van der Waals surface area contributed by atoms with E-state index in [0.29, 0.717) is 25.7 Å². The monoisotopic (exact) mass is 1470 g/mol. The maximum atomic E-state index is 13.1. The predicted molar refractivity (Wildman–Crippen MR) is 418 cm³/mol. The molecule has 0 fully saturated rings. The number of ether oxygens (including phenoxy) is 4. The van der Waals surface area contributed by atoms with Crippen LogP contribution in [0.5, 0.6) is 0 Å². The van der Waals surface area contributed by atoms with E-state index < -0.39 is 97.5 Å². The first-order valence-corrected chi connectivity index (χ1v) is 42.4. The van der Waals surface area contributed by atoms with Crippen LogP contribution in [-0.4, -0.2) is 96.7 Å². The minimum Gasteiger partial charge on any atom is -0.462 e. The van der Waals surface area contributed by atoms with E-state index in [1.54, 1.807) is 0 Å². The zero-order valence-electron chi connectivity index (χ0n) is 63.7. The van der Waals surface area contributed by atoms with Crippen molar-refractivity contribution in [1.82, 2.24) is 0 Å². The number of rotatable bonds is 73. The molecule has 0 aliphatic rings. The largest absolute Gasteiger partial charge is 0.472 e. The Hall–Kier alpha value is -4.80. The number of hydrogen-bond acceptors (Lipinski definition) is 15. The van der Waals surface area contributed by atoms with Crippen LogP contribution < -0.4 is 0 Å². The molecule has 0 radical (unpaired) electrons. The molecule has 3 N–H and O–H groups in total. The minimum atomic E-state index is -4.99. The van der Waals surface area contributed by atoms with Crippen molar-refractivity contribution in [1.29, 1.82) is 0 Å². The van der Waals surface area contributed by atoms with Crippen LogP contribution in [0, 0.1) is 0 Å². The predicted octanol–water partition coefficient (Wildman–Crippen LogP) is 22.9. The van der Waals surface area contributed by atoms with Gasteiger partial charge in [0.2, 0.25) is 0 Å². The third-order valence-electron chi connectivity index (χ3n) is 16.1. The van der Waals surface area contributed by atoms with Gasteiger partial charge in [-0.15, -0.1) is 0 Å². The standard InChI is InChI=1S/C83H140O17P2/c1-5-9-13-17-21-25-29-33-36-37-38-39-42-45-48-52-56-60-64-68-81(86)94-73-78(99-82(87)69-65-61-57-53-49-43-32-28-24-20-16-12-8-4)75-97-101(89,90)95-71-77(84)72-96-102(91,92)98-76-79(100-83(88)70-66-62-58-54-50-46-41-35-31-27-23-19-15-11-7-3)74-93-80(85)67-63-59-55-51-47-44-40-34-30-26-22-18-14-10-6-2/h9-10,13-14,21-23,25-27,33-36,38-41,45,47-48,51,77-79,84H,5-8,11-12,15-20,24,28-32,37,42-44,46,49-50,52-76H2,1-4H3,(H,89,90)(H,91,92)/b13-9-,14-10-,25-21-,26-22-,27-23-,36-33-,39-38-,40-34-,41-35-,48-45-,51-47-. The first-order valence-electron chi connectivity index (χ1n) is 39.4. The summed E-state index contributed by atoms with van der Waals surface area (Å²) in [6.45, 7) is 4.53. The first kappa shape index (κ1) is 97.2. The van der Waals surface area contributed by atoms with Crippen molar-refractivity contribution in [2.24, 2.45) is 0 Å². The van der Waals surface area contributed by atoms with E-state index in [4.69, 9.17) is 37.0 Å². The average molecular weight is 1470 g/mol. The molecule has 0 aliphatic heterocycles. The summed E-state index contributed by atoms with van der Waals surface area (Å²) in [4.78, 5) is 72.9. The summed E-state index contributed by atoms with van der Waals surface area (Å²) in [7, 11) is -9.98. The molecule has 17 nitrogen and oxygen atoms in total. The SMILES string of the molecule is CC/C=C\C/C=C\C/C=C\C/C=C\C/C=C\CCCCCC(=O)OCC(COP(=O)(O)OCC(O)COP(=O)(O)OCC(COC(=O)CCCC/C=C\C/C=C\C/C=C\C/C=C\CC)OC(=O)CCCCCCC/C=C\C/C=C\CCCCC)OC(=O)CCCCCCCCCCCCCCC. The highest BCUT2D eigenvalue weighted by Crippen LogP contribution is 2.45. The molecule has 0 aromatic carbocycles. The smallest absolute Gasteiger partial charge is 0.462 e. The van der Waals surface area contributed by atoms with Crippen LogP contribution in [0.25, 0.3) is 0 Å². The lowest BCUT2D eigenvalue weighted by atomic mass is 10.0. The van der Waals surface area contributed by atoms with E-state index >= 15 is 0 Å². The molecule has 102 heavy (non-hydrogen) atoms. The quantitative estimate of drug-likeness (QED) is 0.0169. The van der Waals surface area contributed by atoms with Gasteiger partial charge in [0.25, 0.3) is 0 Å². The summed E-state index contributed by atoms with van der Waals surface area (Å²) in [5.41, 5.74) is 0. The molecule has 0 saturated heterocycles. The average Bonchev–Trinajstić information content (AvgIpc) is 0.908. The molecule has 0 aromatic rings. The van der Waals surface area contributed by atoms with Gasteiger partial charge in [0.1, 0.15) is 19.3 Å². The fraction of sp³-hybridized carbons (Fsp3) is 0.687. The van der Waals surface area contributed by atoms with Crippen molar-refractivity contribution in [3.05, 3.63) is 134 Å². The van der Waals surface area contributed by atoms with Gasteiger partial charge in [-0.2, -0.15) is 0 Å².